The van der Waals surface area contributed by atoms with Crippen molar-refractivity contribution >= 4 is 17.4 Å². The molecule has 0 spiro atoms. The number of carbonyl (C=O) groups is 1. The fourth-order valence-electron chi connectivity index (χ4n) is 3.66. The standard InChI is InChI=1S/C21H28N4OS/c1-15-19(27-20(22-15)18-6-4-3-5-7-18)16(2)23-21(26)25-12-10-24(11-13-25)14-17-8-9-17/h3-7,16-17H,8-14H2,1-2H3,(H,23,26)/t16-/m0/s1. The van der Waals surface area contributed by atoms with Gasteiger partial charge in [0.2, 0.25) is 0 Å². The van der Waals surface area contributed by atoms with E-state index in [-0.39, 0.29) is 12.1 Å². The number of rotatable bonds is 5. The van der Waals surface area contributed by atoms with Crippen LogP contribution in [0.3, 0.4) is 0 Å². The summed E-state index contributed by atoms with van der Waals surface area (Å²) in [6, 6.07) is 10.2. The van der Waals surface area contributed by atoms with E-state index in [4.69, 9.17) is 4.98 Å². The van der Waals surface area contributed by atoms with Gasteiger partial charge in [-0.1, -0.05) is 30.3 Å². The van der Waals surface area contributed by atoms with Crippen LogP contribution in [0.25, 0.3) is 10.6 Å². The van der Waals surface area contributed by atoms with Crippen molar-refractivity contribution in [2.75, 3.05) is 32.7 Å². The van der Waals surface area contributed by atoms with Crippen LogP contribution in [-0.4, -0.2) is 53.5 Å². The lowest BCUT2D eigenvalue weighted by atomic mass is 10.2. The molecule has 1 saturated heterocycles. The monoisotopic (exact) mass is 384 g/mol. The van der Waals surface area contributed by atoms with Crippen LogP contribution in [0.15, 0.2) is 30.3 Å². The van der Waals surface area contributed by atoms with E-state index in [0.717, 1.165) is 53.2 Å². The topological polar surface area (TPSA) is 48.5 Å². The van der Waals surface area contributed by atoms with Gasteiger partial charge in [-0.2, -0.15) is 0 Å². The molecule has 2 amide bonds. The van der Waals surface area contributed by atoms with Gasteiger partial charge in [-0.25, -0.2) is 9.78 Å². The first-order valence-electron chi connectivity index (χ1n) is 9.90. The van der Waals surface area contributed by atoms with E-state index in [0.29, 0.717) is 0 Å². The molecule has 1 aromatic carbocycles. The molecule has 0 unspecified atom stereocenters. The van der Waals surface area contributed by atoms with Gasteiger partial charge in [-0.05, 0) is 32.6 Å². The number of hydrogen-bond acceptors (Lipinski definition) is 4. The summed E-state index contributed by atoms with van der Waals surface area (Å²) >= 11 is 1.67. The first-order valence-corrected chi connectivity index (χ1v) is 10.7. The maximum atomic E-state index is 12.7. The van der Waals surface area contributed by atoms with Crippen LogP contribution in [0.1, 0.15) is 36.4 Å². The van der Waals surface area contributed by atoms with Crippen LogP contribution in [0.2, 0.25) is 0 Å². The maximum absolute atomic E-state index is 12.7. The molecule has 2 aliphatic rings. The second kappa shape index (κ2) is 7.98. The molecule has 2 heterocycles. The molecular weight excluding hydrogens is 356 g/mol. The van der Waals surface area contributed by atoms with Crippen molar-refractivity contribution in [2.24, 2.45) is 5.92 Å². The molecule has 1 aliphatic heterocycles. The van der Waals surface area contributed by atoms with E-state index in [1.807, 2.05) is 30.0 Å². The molecule has 1 saturated carbocycles. The van der Waals surface area contributed by atoms with E-state index >= 15 is 0 Å². The molecular formula is C21H28N4OS. The lowest BCUT2D eigenvalue weighted by molar-refractivity contribution is 0.134. The molecule has 6 heteroatoms. The number of urea groups is 1. The van der Waals surface area contributed by atoms with Gasteiger partial charge < -0.3 is 10.2 Å². The van der Waals surface area contributed by atoms with Gasteiger partial charge in [0.25, 0.3) is 0 Å². The number of nitrogens with one attached hydrogen (secondary N) is 1. The second-order valence-electron chi connectivity index (χ2n) is 7.74. The molecule has 1 aromatic heterocycles. The van der Waals surface area contributed by atoms with Crippen LogP contribution < -0.4 is 5.32 Å². The van der Waals surface area contributed by atoms with E-state index in [1.165, 1.54) is 19.4 Å². The zero-order valence-electron chi connectivity index (χ0n) is 16.1. The molecule has 1 atom stereocenters. The third kappa shape index (κ3) is 4.50. The number of amides is 2. The summed E-state index contributed by atoms with van der Waals surface area (Å²) in [4.78, 5) is 23.0. The SMILES string of the molecule is Cc1nc(-c2ccccc2)sc1[C@H](C)NC(=O)N1CCN(CC2CC2)CC1. The predicted octanol–water partition coefficient (Wildman–Crippen LogP) is 3.92. The Bertz CT molecular complexity index is 779. The molecule has 2 fully saturated rings. The van der Waals surface area contributed by atoms with Crippen molar-refractivity contribution in [1.82, 2.24) is 20.1 Å². The van der Waals surface area contributed by atoms with E-state index in [1.54, 1.807) is 11.3 Å². The van der Waals surface area contributed by atoms with Crippen LogP contribution in [0, 0.1) is 12.8 Å². The van der Waals surface area contributed by atoms with Crippen molar-refractivity contribution in [2.45, 2.75) is 32.7 Å². The molecule has 27 heavy (non-hydrogen) atoms. The zero-order chi connectivity index (χ0) is 18.8. The summed E-state index contributed by atoms with van der Waals surface area (Å²) < 4.78 is 0. The zero-order valence-corrected chi connectivity index (χ0v) is 17.0. The van der Waals surface area contributed by atoms with Gasteiger partial charge in [0.15, 0.2) is 0 Å². The van der Waals surface area contributed by atoms with E-state index in [9.17, 15) is 4.79 Å². The lowest BCUT2D eigenvalue weighted by Gasteiger charge is -2.35. The average Bonchev–Trinajstić information content (AvgIpc) is 3.41. The highest BCUT2D eigenvalue weighted by atomic mass is 32.1. The summed E-state index contributed by atoms with van der Waals surface area (Å²) in [5.74, 6) is 0.915. The Morgan fingerprint density at radius 2 is 1.93 bits per heavy atom. The third-order valence-corrected chi connectivity index (χ3v) is 6.85. The molecule has 5 nitrogen and oxygen atoms in total. The van der Waals surface area contributed by atoms with Crippen molar-refractivity contribution in [1.29, 1.82) is 0 Å². The van der Waals surface area contributed by atoms with Gasteiger partial charge in [-0.3, -0.25) is 4.90 Å². The Morgan fingerprint density at radius 1 is 1.22 bits per heavy atom. The highest BCUT2D eigenvalue weighted by Gasteiger charge is 2.28. The Labute approximate surface area is 165 Å². The first-order chi connectivity index (χ1) is 13.1. The Kier molecular flexibility index (Phi) is 5.45. The van der Waals surface area contributed by atoms with Crippen LogP contribution >= 0.6 is 11.3 Å². The summed E-state index contributed by atoms with van der Waals surface area (Å²) in [5.41, 5.74) is 2.13. The number of hydrogen-bond donors (Lipinski definition) is 1. The van der Waals surface area contributed by atoms with Crippen molar-refractivity contribution in [3.63, 3.8) is 0 Å². The number of aryl methyl sites for hydroxylation is 1. The number of piperazine rings is 1. The summed E-state index contributed by atoms with van der Waals surface area (Å²) in [5, 5.41) is 4.19. The molecule has 1 N–H and O–H groups in total. The van der Waals surface area contributed by atoms with Gasteiger partial charge in [0.05, 0.1) is 16.6 Å². The van der Waals surface area contributed by atoms with Crippen LogP contribution in [-0.2, 0) is 0 Å². The summed E-state index contributed by atoms with van der Waals surface area (Å²) in [6.07, 6.45) is 2.77. The fourth-order valence-corrected chi connectivity index (χ4v) is 4.73. The molecule has 144 valence electrons. The highest BCUT2D eigenvalue weighted by molar-refractivity contribution is 7.15. The summed E-state index contributed by atoms with van der Waals surface area (Å²) in [6.45, 7) is 8.93. The van der Waals surface area contributed by atoms with Crippen molar-refractivity contribution < 1.29 is 4.79 Å². The minimum Gasteiger partial charge on any atom is -0.331 e. The van der Waals surface area contributed by atoms with Crippen molar-refractivity contribution in [3.8, 4) is 10.6 Å². The van der Waals surface area contributed by atoms with Crippen LogP contribution in [0.5, 0.6) is 0 Å². The number of carbonyl (C=O) groups excluding carboxylic acids is 1. The molecule has 4 rings (SSSR count). The Morgan fingerprint density at radius 3 is 2.59 bits per heavy atom. The van der Waals surface area contributed by atoms with E-state index in [2.05, 4.69) is 29.3 Å². The maximum Gasteiger partial charge on any atom is 0.317 e. The smallest absolute Gasteiger partial charge is 0.317 e. The Hall–Kier alpha value is -1.92. The number of aromatic nitrogens is 1. The van der Waals surface area contributed by atoms with Crippen LogP contribution in [0.4, 0.5) is 4.79 Å². The quantitative estimate of drug-likeness (QED) is 0.850. The molecule has 2 aromatic rings. The average molecular weight is 385 g/mol. The Balaban J connectivity index is 1.34. The molecule has 0 bridgehead atoms. The summed E-state index contributed by atoms with van der Waals surface area (Å²) in [7, 11) is 0. The van der Waals surface area contributed by atoms with Gasteiger partial charge in [0.1, 0.15) is 5.01 Å². The number of benzene rings is 1. The second-order valence-corrected chi connectivity index (χ2v) is 8.77. The third-order valence-electron chi connectivity index (χ3n) is 5.46. The predicted molar refractivity (Wildman–Crippen MR) is 110 cm³/mol. The number of nitrogens with zero attached hydrogens (tertiary/aromatic N) is 3. The minimum atomic E-state index is -0.0306. The molecule has 0 radical (unpaired) electrons. The lowest BCUT2D eigenvalue weighted by Crippen LogP contribution is -2.52. The van der Waals surface area contributed by atoms with Gasteiger partial charge in [-0.15, -0.1) is 11.3 Å². The van der Waals surface area contributed by atoms with Crippen molar-refractivity contribution in [3.05, 3.63) is 40.9 Å². The minimum absolute atomic E-state index is 0.0306. The van der Waals surface area contributed by atoms with Gasteiger partial charge >= 0.3 is 6.03 Å². The molecule has 1 aliphatic carbocycles. The number of thiazole rings is 1. The van der Waals surface area contributed by atoms with Gasteiger partial charge in [0, 0.05) is 38.3 Å². The largest absolute Gasteiger partial charge is 0.331 e. The first kappa shape index (κ1) is 18.4. The van der Waals surface area contributed by atoms with E-state index < -0.39 is 0 Å². The fraction of sp³-hybridized carbons (Fsp3) is 0.524. The highest BCUT2D eigenvalue weighted by Crippen LogP contribution is 2.32. The normalized spacial score (nSPS) is 19.1.